The van der Waals surface area contributed by atoms with Crippen molar-refractivity contribution < 1.29 is 28.4 Å². The van der Waals surface area contributed by atoms with Crippen molar-refractivity contribution >= 4 is 40.6 Å². The molecule has 1 saturated heterocycles. The summed E-state index contributed by atoms with van der Waals surface area (Å²) in [4.78, 5) is 41.9. The first-order valence-electron chi connectivity index (χ1n) is 11.6. The number of carbonyl (C=O) groups excluding carboxylic acids is 2. The number of rotatable bonds is 9. The molecule has 0 aromatic heterocycles. The third kappa shape index (κ3) is 5.67. The number of piperazine rings is 1. The zero-order valence-corrected chi connectivity index (χ0v) is 21.1. The summed E-state index contributed by atoms with van der Waals surface area (Å²) in [5, 5.41) is 11.5. The van der Waals surface area contributed by atoms with Gasteiger partial charge in [0.15, 0.2) is 16.4 Å². The maximum Gasteiger partial charge on any atom is 0.347 e. The summed E-state index contributed by atoms with van der Waals surface area (Å²) in [6, 6.07) is -0.242. The third-order valence-corrected chi connectivity index (χ3v) is 6.35. The zero-order chi connectivity index (χ0) is 25.9. The van der Waals surface area contributed by atoms with Crippen LogP contribution in [0.5, 0.6) is 0 Å². The van der Waals surface area contributed by atoms with Crippen molar-refractivity contribution in [2.75, 3.05) is 56.2 Å². The molecule has 12 heteroatoms. The minimum Gasteiger partial charge on any atom is -0.462 e. The van der Waals surface area contributed by atoms with Crippen LogP contribution in [0.25, 0.3) is 0 Å². The second kappa shape index (κ2) is 11.2. The first-order chi connectivity index (χ1) is 16.6. The summed E-state index contributed by atoms with van der Waals surface area (Å²) in [5.41, 5.74) is -0.496. The Morgan fingerprint density at radius 3 is 2.17 bits per heavy atom. The number of nitro benzene ring substituents is 1. The molecule has 0 amide bonds. The van der Waals surface area contributed by atoms with E-state index in [9.17, 15) is 19.7 Å². The van der Waals surface area contributed by atoms with Crippen LogP contribution in [-0.4, -0.2) is 74.2 Å². The Morgan fingerprint density at radius 1 is 1.17 bits per heavy atom. The van der Waals surface area contributed by atoms with Crippen molar-refractivity contribution in [3.8, 4) is 0 Å². The van der Waals surface area contributed by atoms with Crippen LogP contribution in [0, 0.1) is 22.9 Å². The van der Waals surface area contributed by atoms with Crippen LogP contribution < -0.4 is 9.80 Å². The topological polar surface area (TPSA) is 105 Å². The van der Waals surface area contributed by atoms with E-state index >= 15 is 4.39 Å². The lowest BCUT2D eigenvalue weighted by molar-refractivity contribution is -0.384. The van der Waals surface area contributed by atoms with E-state index in [1.807, 2.05) is 11.9 Å². The molecule has 0 atom stereocenters. The lowest BCUT2D eigenvalue weighted by atomic mass is 10.1. The fourth-order valence-electron chi connectivity index (χ4n) is 4.11. The van der Waals surface area contributed by atoms with Crippen molar-refractivity contribution in [3.63, 3.8) is 0 Å². The summed E-state index contributed by atoms with van der Waals surface area (Å²) in [6.45, 7) is 7.22. The van der Waals surface area contributed by atoms with Gasteiger partial charge in [-0.25, -0.2) is 14.0 Å². The Bertz CT molecular complexity index is 1020. The van der Waals surface area contributed by atoms with E-state index in [-0.39, 0.29) is 30.6 Å². The lowest BCUT2D eigenvalue weighted by Crippen LogP contribution is -2.45. The second-order valence-corrected chi connectivity index (χ2v) is 8.85. The standard InChI is InChI=1S/C23H30ClFN4O6/c1-5-34-22(30)16(23(31)35-6-2)13-28(15-7-8-15)20-14(3)19(27-11-9-26(4)10-12-27)18(25)17(24)21(20)29(32)33/h13,15H,5-12H2,1-4H3. The molecule has 0 radical (unpaired) electrons. The monoisotopic (exact) mass is 512 g/mol. The molecule has 1 saturated carbocycles. The SMILES string of the molecule is CCOC(=O)C(=CN(c1c(C)c(N2CCN(C)CC2)c(F)c(Cl)c1[N+](=O)[O-])C1CC1)C(=O)OCC. The van der Waals surface area contributed by atoms with Crippen LogP contribution in [0.1, 0.15) is 32.3 Å². The van der Waals surface area contributed by atoms with Crippen molar-refractivity contribution in [1.29, 1.82) is 0 Å². The van der Waals surface area contributed by atoms with Gasteiger partial charge in [0.1, 0.15) is 5.69 Å². The van der Waals surface area contributed by atoms with Crippen LogP contribution in [0.3, 0.4) is 0 Å². The Balaban J connectivity index is 2.23. The quantitative estimate of drug-likeness (QED) is 0.123. The summed E-state index contributed by atoms with van der Waals surface area (Å²) in [6.07, 6.45) is 2.53. The smallest absolute Gasteiger partial charge is 0.347 e. The van der Waals surface area contributed by atoms with Gasteiger partial charge < -0.3 is 24.2 Å². The number of ether oxygens (including phenoxy) is 2. The molecule has 10 nitrogen and oxygen atoms in total. The van der Waals surface area contributed by atoms with Gasteiger partial charge in [-0.3, -0.25) is 10.1 Å². The Morgan fingerprint density at radius 2 is 1.71 bits per heavy atom. The summed E-state index contributed by atoms with van der Waals surface area (Å²) in [7, 11) is 1.96. The van der Waals surface area contributed by atoms with Crippen LogP contribution in [0.4, 0.5) is 21.5 Å². The third-order valence-electron chi connectivity index (χ3n) is 6.00. The van der Waals surface area contributed by atoms with Crippen LogP contribution in [0.2, 0.25) is 5.02 Å². The second-order valence-electron chi connectivity index (χ2n) is 8.47. The lowest BCUT2D eigenvalue weighted by Gasteiger charge is -2.36. The normalized spacial score (nSPS) is 16.0. The van der Waals surface area contributed by atoms with Crippen molar-refractivity contribution in [3.05, 3.63) is 38.3 Å². The number of carbonyl (C=O) groups is 2. The number of likely N-dealkylation sites (N-methyl/N-ethyl adjacent to an activating group) is 1. The van der Waals surface area contributed by atoms with Gasteiger partial charge in [0.2, 0.25) is 0 Å². The number of halogens is 2. The Labute approximate surface area is 208 Å². The molecule has 0 unspecified atom stereocenters. The van der Waals surface area contributed by atoms with Gasteiger partial charge in [0.25, 0.3) is 0 Å². The number of anilines is 2. The molecular weight excluding hydrogens is 483 g/mol. The van der Waals surface area contributed by atoms with E-state index in [4.69, 9.17) is 21.1 Å². The molecule has 1 aliphatic heterocycles. The minimum absolute atomic E-state index is 0.0219. The van der Waals surface area contributed by atoms with Crippen LogP contribution >= 0.6 is 11.6 Å². The molecule has 1 heterocycles. The van der Waals surface area contributed by atoms with Crippen molar-refractivity contribution in [2.24, 2.45) is 0 Å². The molecule has 3 rings (SSSR count). The first-order valence-corrected chi connectivity index (χ1v) is 11.9. The van der Waals surface area contributed by atoms with Gasteiger partial charge in [-0.05, 0) is 40.7 Å². The highest BCUT2D eigenvalue weighted by molar-refractivity contribution is 6.34. The van der Waals surface area contributed by atoms with E-state index in [0.29, 0.717) is 44.6 Å². The molecule has 192 valence electrons. The average Bonchev–Trinajstić information content (AvgIpc) is 3.64. The predicted octanol–water partition coefficient (Wildman–Crippen LogP) is 3.43. The number of nitrogens with zero attached hydrogens (tertiary/aromatic N) is 4. The molecular formula is C23H30ClFN4O6. The van der Waals surface area contributed by atoms with Crippen LogP contribution in [0.15, 0.2) is 11.8 Å². The van der Waals surface area contributed by atoms with Crippen molar-refractivity contribution in [1.82, 2.24) is 4.90 Å². The number of hydrogen-bond acceptors (Lipinski definition) is 9. The number of benzene rings is 1. The Hall–Kier alpha value is -2.92. The molecule has 0 spiro atoms. The van der Waals surface area contributed by atoms with Gasteiger partial charge in [-0.15, -0.1) is 0 Å². The van der Waals surface area contributed by atoms with Gasteiger partial charge in [-0.2, -0.15) is 0 Å². The maximum absolute atomic E-state index is 15.5. The highest BCUT2D eigenvalue weighted by Gasteiger charge is 2.40. The summed E-state index contributed by atoms with van der Waals surface area (Å²) in [5.74, 6) is -2.69. The van der Waals surface area contributed by atoms with Gasteiger partial charge in [0.05, 0.1) is 23.8 Å². The number of hydrogen-bond donors (Lipinski definition) is 0. The summed E-state index contributed by atoms with van der Waals surface area (Å²) >= 11 is 6.26. The average molecular weight is 513 g/mol. The number of esters is 2. The van der Waals surface area contributed by atoms with E-state index in [0.717, 1.165) is 0 Å². The largest absolute Gasteiger partial charge is 0.462 e. The fraction of sp³-hybridized carbons (Fsp3) is 0.565. The van der Waals surface area contributed by atoms with Crippen LogP contribution in [-0.2, 0) is 19.1 Å². The van der Waals surface area contributed by atoms with E-state index in [2.05, 4.69) is 4.90 Å². The first kappa shape index (κ1) is 26.7. The van der Waals surface area contributed by atoms with Gasteiger partial charge in [-0.1, -0.05) is 11.6 Å². The molecule has 0 N–H and O–H groups in total. The van der Waals surface area contributed by atoms with Gasteiger partial charge in [0, 0.05) is 44.0 Å². The zero-order valence-electron chi connectivity index (χ0n) is 20.3. The predicted molar refractivity (Wildman–Crippen MR) is 129 cm³/mol. The van der Waals surface area contributed by atoms with Gasteiger partial charge >= 0.3 is 17.6 Å². The van der Waals surface area contributed by atoms with E-state index in [1.54, 1.807) is 20.8 Å². The fourth-order valence-corrected chi connectivity index (χ4v) is 4.35. The molecule has 2 aliphatic rings. The highest BCUT2D eigenvalue weighted by atomic mass is 35.5. The van der Waals surface area contributed by atoms with E-state index in [1.165, 1.54) is 11.1 Å². The molecule has 1 aromatic rings. The number of nitro groups is 1. The molecule has 1 aliphatic carbocycles. The highest BCUT2D eigenvalue weighted by Crippen LogP contribution is 2.48. The maximum atomic E-state index is 15.5. The summed E-state index contributed by atoms with van der Waals surface area (Å²) < 4.78 is 25.5. The molecule has 35 heavy (non-hydrogen) atoms. The molecule has 1 aromatic carbocycles. The van der Waals surface area contributed by atoms with Crippen molar-refractivity contribution in [2.45, 2.75) is 39.7 Å². The Kier molecular flexibility index (Phi) is 8.55. The minimum atomic E-state index is -0.913. The molecule has 0 bridgehead atoms. The van der Waals surface area contributed by atoms with E-state index < -0.39 is 39.0 Å². The molecule has 2 fully saturated rings.